The average molecular weight is 363 g/mol. The molecule has 132 valence electrons. The molecule has 0 atom stereocenters. The fourth-order valence-electron chi connectivity index (χ4n) is 1.95. The second-order valence-corrected chi connectivity index (χ2v) is 5.42. The van der Waals surface area contributed by atoms with Gasteiger partial charge in [0.25, 0.3) is 11.8 Å². The first-order valence-corrected chi connectivity index (χ1v) is 8.15. The van der Waals surface area contributed by atoms with Gasteiger partial charge in [0.05, 0.1) is 6.61 Å². The molecule has 2 aromatic rings. The molecule has 0 fully saturated rings. The fourth-order valence-corrected chi connectivity index (χ4v) is 2.08. The highest BCUT2D eigenvalue weighted by atomic mass is 35.5. The first-order chi connectivity index (χ1) is 12.1. The number of hydrazine groups is 1. The van der Waals surface area contributed by atoms with Crippen LogP contribution in [0, 0.1) is 0 Å². The van der Waals surface area contributed by atoms with Gasteiger partial charge in [0.2, 0.25) is 0 Å². The van der Waals surface area contributed by atoms with Crippen LogP contribution in [0.15, 0.2) is 48.5 Å². The molecule has 0 aliphatic heterocycles. The normalized spacial score (nSPS) is 10.2. The number of carbonyl (C=O) groups is 2. The van der Waals surface area contributed by atoms with E-state index in [1.807, 2.05) is 6.92 Å². The number of hydrogen-bond donors (Lipinski definition) is 2. The molecular weight excluding hydrogens is 344 g/mol. The summed E-state index contributed by atoms with van der Waals surface area (Å²) in [6, 6.07) is 13.0. The third kappa shape index (κ3) is 6.10. The van der Waals surface area contributed by atoms with Gasteiger partial charge in [-0.15, -0.1) is 0 Å². The lowest BCUT2D eigenvalue weighted by molar-refractivity contribution is 0.0846. The molecule has 0 unspecified atom stereocenters. The molecule has 2 rings (SSSR count). The number of ether oxygens (including phenoxy) is 2. The Morgan fingerprint density at radius 3 is 2.32 bits per heavy atom. The molecule has 0 saturated heterocycles. The Balaban J connectivity index is 1.87. The van der Waals surface area contributed by atoms with E-state index in [-0.39, 0.29) is 0 Å². The second kappa shape index (κ2) is 9.66. The number of halogens is 1. The maximum atomic E-state index is 12.1. The van der Waals surface area contributed by atoms with Crippen molar-refractivity contribution in [3.05, 3.63) is 64.7 Å². The van der Waals surface area contributed by atoms with Gasteiger partial charge >= 0.3 is 0 Å². The number of nitrogens with one attached hydrogen (secondary N) is 2. The number of amides is 2. The first kappa shape index (κ1) is 18.8. The van der Waals surface area contributed by atoms with Crippen LogP contribution in [0.4, 0.5) is 0 Å². The van der Waals surface area contributed by atoms with E-state index in [1.54, 1.807) is 48.5 Å². The van der Waals surface area contributed by atoms with Crippen molar-refractivity contribution in [1.82, 2.24) is 10.9 Å². The van der Waals surface area contributed by atoms with Crippen LogP contribution in [-0.2, 0) is 4.74 Å². The zero-order valence-corrected chi connectivity index (χ0v) is 14.5. The van der Waals surface area contributed by atoms with Crippen LogP contribution >= 0.6 is 11.6 Å². The fraction of sp³-hybridized carbons (Fsp3) is 0.222. The summed E-state index contributed by atoms with van der Waals surface area (Å²) < 4.78 is 10.7. The summed E-state index contributed by atoms with van der Waals surface area (Å²) in [5, 5.41) is 0.529. The largest absolute Gasteiger partial charge is 0.491 e. The maximum Gasteiger partial charge on any atom is 0.269 e. The predicted octanol–water partition coefficient (Wildman–Crippen LogP) is 2.83. The lowest BCUT2D eigenvalue weighted by Gasteiger charge is -2.10. The predicted molar refractivity (Wildman–Crippen MR) is 94.8 cm³/mol. The van der Waals surface area contributed by atoms with Crippen molar-refractivity contribution in [3.8, 4) is 5.75 Å². The molecule has 0 spiro atoms. The Bertz CT molecular complexity index is 719. The molecule has 2 N–H and O–H groups in total. The highest BCUT2D eigenvalue weighted by Crippen LogP contribution is 2.13. The van der Waals surface area contributed by atoms with Crippen molar-refractivity contribution in [2.75, 3.05) is 19.8 Å². The minimum absolute atomic E-state index is 0.366. The Morgan fingerprint density at radius 1 is 0.960 bits per heavy atom. The molecule has 0 aliphatic carbocycles. The summed E-state index contributed by atoms with van der Waals surface area (Å²) in [7, 11) is 0. The molecule has 0 radical (unpaired) electrons. The van der Waals surface area contributed by atoms with Crippen LogP contribution < -0.4 is 15.6 Å². The monoisotopic (exact) mass is 362 g/mol. The van der Waals surface area contributed by atoms with Crippen molar-refractivity contribution >= 4 is 23.4 Å². The minimum atomic E-state index is -0.447. The van der Waals surface area contributed by atoms with E-state index in [0.717, 1.165) is 0 Å². The van der Waals surface area contributed by atoms with Crippen molar-refractivity contribution < 1.29 is 19.1 Å². The van der Waals surface area contributed by atoms with Gasteiger partial charge in [-0.3, -0.25) is 20.4 Å². The molecule has 2 amide bonds. The summed E-state index contributed by atoms with van der Waals surface area (Å²) in [4.78, 5) is 24.1. The molecule has 0 aromatic heterocycles. The van der Waals surface area contributed by atoms with Crippen LogP contribution in [-0.4, -0.2) is 31.6 Å². The zero-order chi connectivity index (χ0) is 18.1. The Kier molecular flexibility index (Phi) is 7.25. The van der Waals surface area contributed by atoms with Crippen LogP contribution in [0.25, 0.3) is 0 Å². The summed E-state index contributed by atoms with van der Waals surface area (Å²) in [6.07, 6.45) is 0. The second-order valence-electron chi connectivity index (χ2n) is 4.99. The van der Waals surface area contributed by atoms with E-state index >= 15 is 0 Å². The van der Waals surface area contributed by atoms with E-state index in [4.69, 9.17) is 21.1 Å². The number of rotatable bonds is 7. The third-order valence-corrected chi connectivity index (χ3v) is 3.44. The van der Waals surface area contributed by atoms with Gasteiger partial charge in [-0.1, -0.05) is 17.7 Å². The highest BCUT2D eigenvalue weighted by Gasteiger charge is 2.10. The quantitative estimate of drug-likeness (QED) is 0.586. The summed E-state index contributed by atoms with van der Waals surface area (Å²) in [5.74, 6) is -0.330. The third-order valence-electron chi connectivity index (χ3n) is 3.19. The van der Waals surface area contributed by atoms with Crippen LogP contribution in [0.5, 0.6) is 5.75 Å². The molecule has 0 heterocycles. The highest BCUT2D eigenvalue weighted by molar-refractivity contribution is 6.30. The Labute approximate surface area is 151 Å². The van der Waals surface area contributed by atoms with Gasteiger partial charge in [0, 0.05) is 22.8 Å². The molecular formula is C18H19ClN2O4. The van der Waals surface area contributed by atoms with Gasteiger partial charge in [-0.25, -0.2) is 0 Å². The van der Waals surface area contributed by atoms with Crippen molar-refractivity contribution in [3.63, 3.8) is 0 Å². The summed E-state index contributed by atoms with van der Waals surface area (Å²) in [5.41, 5.74) is 5.47. The van der Waals surface area contributed by atoms with E-state index in [1.165, 1.54) is 0 Å². The summed E-state index contributed by atoms with van der Waals surface area (Å²) >= 11 is 5.77. The topological polar surface area (TPSA) is 76.7 Å². The maximum absolute atomic E-state index is 12.1. The molecule has 6 nitrogen and oxygen atoms in total. The molecule has 0 aliphatic rings. The SMILES string of the molecule is CCOCCOc1cccc(C(=O)NNC(=O)c2ccc(Cl)cc2)c1. The van der Waals surface area contributed by atoms with Gasteiger partial charge < -0.3 is 9.47 Å². The molecule has 2 aromatic carbocycles. The van der Waals surface area contributed by atoms with E-state index < -0.39 is 11.8 Å². The van der Waals surface area contributed by atoms with E-state index in [2.05, 4.69) is 10.9 Å². The van der Waals surface area contributed by atoms with Gasteiger partial charge in [0.1, 0.15) is 12.4 Å². The minimum Gasteiger partial charge on any atom is -0.491 e. The van der Waals surface area contributed by atoms with E-state index in [0.29, 0.717) is 41.7 Å². The van der Waals surface area contributed by atoms with E-state index in [9.17, 15) is 9.59 Å². The summed E-state index contributed by atoms with van der Waals surface area (Å²) in [6.45, 7) is 3.40. The Morgan fingerprint density at radius 2 is 1.64 bits per heavy atom. The zero-order valence-electron chi connectivity index (χ0n) is 13.8. The van der Waals surface area contributed by atoms with Crippen molar-refractivity contribution in [2.45, 2.75) is 6.92 Å². The van der Waals surface area contributed by atoms with Gasteiger partial charge in [0.15, 0.2) is 0 Å². The van der Waals surface area contributed by atoms with Gasteiger partial charge in [-0.2, -0.15) is 0 Å². The van der Waals surface area contributed by atoms with Gasteiger partial charge in [-0.05, 0) is 49.4 Å². The van der Waals surface area contributed by atoms with Crippen LogP contribution in [0.3, 0.4) is 0 Å². The molecule has 0 saturated carbocycles. The first-order valence-electron chi connectivity index (χ1n) is 7.77. The van der Waals surface area contributed by atoms with Crippen molar-refractivity contribution in [1.29, 1.82) is 0 Å². The molecule has 0 bridgehead atoms. The van der Waals surface area contributed by atoms with Crippen LogP contribution in [0.2, 0.25) is 5.02 Å². The number of carbonyl (C=O) groups excluding carboxylic acids is 2. The number of hydrogen-bond acceptors (Lipinski definition) is 4. The Hall–Kier alpha value is -2.57. The lowest BCUT2D eigenvalue weighted by atomic mass is 10.2. The van der Waals surface area contributed by atoms with Crippen molar-refractivity contribution in [2.24, 2.45) is 0 Å². The molecule has 25 heavy (non-hydrogen) atoms. The number of benzene rings is 2. The molecule has 7 heteroatoms. The van der Waals surface area contributed by atoms with Crippen LogP contribution in [0.1, 0.15) is 27.6 Å². The standard InChI is InChI=1S/C18H19ClN2O4/c1-2-24-10-11-25-16-5-3-4-14(12-16)18(23)21-20-17(22)13-6-8-15(19)9-7-13/h3-9,12H,2,10-11H2,1H3,(H,20,22)(H,21,23). The average Bonchev–Trinajstić information content (AvgIpc) is 2.64. The lowest BCUT2D eigenvalue weighted by Crippen LogP contribution is -2.41. The smallest absolute Gasteiger partial charge is 0.269 e.